The molecule has 0 fully saturated rings. The number of methoxy groups -OCH3 is 1. The third-order valence-electron chi connectivity index (χ3n) is 3.33. The van der Waals surface area contributed by atoms with E-state index in [0.29, 0.717) is 17.2 Å². The summed E-state index contributed by atoms with van der Waals surface area (Å²) in [5, 5.41) is 6.01. The Hall–Kier alpha value is -2.63. The van der Waals surface area contributed by atoms with E-state index in [1.165, 1.54) is 19.2 Å². The smallest absolute Gasteiger partial charge is 0.274 e. The fraction of sp³-hybridized carbons (Fsp3) is 0.353. The van der Waals surface area contributed by atoms with Crippen LogP contribution in [0.1, 0.15) is 36.7 Å². The lowest BCUT2D eigenvalue weighted by atomic mass is 10.2. The lowest BCUT2D eigenvalue weighted by molar-refractivity contribution is 0.102. The number of carbonyl (C=O) groups excluding carboxylic acids is 1. The highest BCUT2D eigenvalue weighted by Gasteiger charge is 2.09. The summed E-state index contributed by atoms with van der Waals surface area (Å²) in [5.74, 6) is 1.13. The average Bonchev–Trinajstić information content (AvgIpc) is 2.60. The van der Waals surface area contributed by atoms with Crippen LogP contribution in [0, 0.1) is 0 Å². The molecule has 0 aliphatic rings. The number of ether oxygens (including phenoxy) is 1. The quantitative estimate of drug-likeness (QED) is 0.731. The Kier molecular flexibility index (Phi) is 6.35. The van der Waals surface area contributed by atoms with E-state index in [-0.39, 0.29) is 5.91 Å². The van der Waals surface area contributed by atoms with Crippen LogP contribution >= 0.6 is 0 Å². The van der Waals surface area contributed by atoms with Gasteiger partial charge in [-0.3, -0.25) is 4.79 Å². The maximum Gasteiger partial charge on any atom is 0.274 e. The van der Waals surface area contributed by atoms with Crippen molar-refractivity contribution >= 4 is 17.4 Å². The second-order valence-electron chi connectivity index (χ2n) is 5.10. The Morgan fingerprint density at radius 3 is 2.65 bits per heavy atom. The highest BCUT2D eigenvalue weighted by atomic mass is 16.5. The molecule has 0 aliphatic heterocycles. The van der Waals surface area contributed by atoms with Gasteiger partial charge < -0.3 is 15.4 Å². The molecule has 6 nitrogen and oxygen atoms in total. The lowest BCUT2D eigenvalue weighted by Gasteiger charge is -2.08. The van der Waals surface area contributed by atoms with E-state index in [0.717, 1.165) is 18.7 Å². The maximum absolute atomic E-state index is 12.2. The van der Waals surface area contributed by atoms with Crippen LogP contribution in [0.2, 0.25) is 0 Å². The summed E-state index contributed by atoms with van der Waals surface area (Å²) in [4.78, 5) is 20.4. The van der Waals surface area contributed by atoms with Gasteiger partial charge in [-0.15, -0.1) is 0 Å². The molecular formula is C17H22N4O2. The first kappa shape index (κ1) is 16.7. The Morgan fingerprint density at radius 1 is 1.17 bits per heavy atom. The van der Waals surface area contributed by atoms with Crippen molar-refractivity contribution in [2.75, 3.05) is 24.3 Å². The third kappa shape index (κ3) is 5.25. The van der Waals surface area contributed by atoms with Gasteiger partial charge in [0, 0.05) is 18.3 Å². The lowest BCUT2D eigenvalue weighted by Crippen LogP contribution is -2.14. The zero-order valence-corrected chi connectivity index (χ0v) is 13.5. The first-order chi connectivity index (χ1) is 11.2. The number of aromatic nitrogens is 2. The third-order valence-corrected chi connectivity index (χ3v) is 3.33. The van der Waals surface area contributed by atoms with Gasteiger partial charge in [-0.2, -0.15) is 0 Å². The Labute approximate surface area is 136 Å². The number of amides is 1. The molecule has 1 amide bonds. The van der Waals surface area contributed by atoms with Crippen molar-refractivity contribution < 1.29 is 9.53 Å². The Morgan fingerprint density at radius 2 is 1.96 bits per heavy atom. The van der Waals surface area contributed by atoms with Crippen molar-refractivity contribution in [3.63, 3.8) is 0 Å². The molecule has 2 aromatic rings. The van der Waals surface area contributed by atoms with Gasteiger partial charge in [0.05, 0.1) is 7.11 Å². The molecule has 0 radical (unpaired) electrons. The van der Waals surface area contributed by atoms with Crippen LogP contribution < -0.4 is 15.4 Å². The van der Waals surface area contributed by atoms with E-state index in [1.807, 2.05) is 0 Å². The minimum Gasteiger partial charge on any atom is -0.497 e. The summed E-state index contributed by atoms with van der Waals surface area (Å²) in [6.45, 7) is 3.00. The summed E-state index contributed by atoms with van der Waals surface area (Å²) in [7, 11) is 1.60. The van der Waals surface area contributed by atoms with E-state index < -0.39 is 0 Å². The van der Waals surface area contributed by atoms with Crippen molar-refractivity contribution in [2.45, 2.75) is 26.2 Å². The van der Waals surface area contributed by atoms with Crippen molar-refractivity contribution in [1.29, 1.82) is 0 Å². The highest BCUT2D eigenvalue weighted by molar-refractivity contribution is 6.03. The first-order valence-corrected chi connectivity index (χ1v) is 7.74. The molecule has 0 saturated heterocycles. The molecule has 6 heteroatoms. The van der Waals surface area contributed by atoms with E-state index >= 15 is 0 Å². The summed E-state index contributed by atoms with van der Waals surface area (Å²) in [5.41, 5.74) is 1.01. The van der Waals surface area contributed by atoms with E-state index in [4.69, 9.17) is 4.74 Å². The molecule has 0 aliphatic carbocycles. The topological polar surface area (TPSA) is 76.1 Å². The number of rotatable bonds is 8. The van der Waals surface area contributed by atoms with Gasteiger partial charge in [-0.1, -0.05) is 19.8 Å². The predicted molar refractivity (Wildman–Crippen MR) is 91.0 cm³/mol. The van der Waals surface area contributed by atoms with Crippen molar-refractivity contribution in [1.82, 2.24) is 9.97 Å². The van der Waals surface area contributed by atoms with Gasteiger partial charge in [0.2, 0.25) is 0 Å². The number of nitrogens with one attached hydrogen (secondary N) is 2. The maximum atomic E-state index is 12.2. The SMILES string of the molecule is CCCCCNc1cc(C(=O)Nc2ccc(OC)cc2)ncn1. The number of hydrogen-bond donors (Lipinski definition) is 2. The second-order valence-corrected chi connectivity index (χ2v) is 5.10. The standard InChI is InChI=1S/C17H22N4O2/c1-3-4-5-10-18-16-11-15(19-12-20-16)17(22)21-13-6-8-14(23-2)9-7-13/h6-9,11-12H,3-5,10H2,1-2H3,(H,21,22)(H,18,19,20). The van der Waals surface area contributed by atoms with Crippen LogP contribution in [0.25, 0.3) is 0 Å². The van der Waals surface area contributed by atoms with Gasteiger partial charge in [-0.25, -0.2) is 9.97 Å². The van der Waals surface area contributed by atoms with Crippen LogP contribution in [0.5, 0.6) is 5.75 Å². The summed E-state index contributed by atoms with van der Waals surface area (Å²) < 4.78 is 5.09. The van der Waals surface area contributed by atoms with E-state index in [1.54, 1.807) is 37.4 Å². The number of benzene rings is 1. The molecule has 0 atom stereocenters. The van der Waals surface area contributed by atoms with Crippen LogP contribution in [-0.2, 0) is 0 Å². The molecule has 2 rings (SSSR count). The number of carbonyl (C=O) groups is 1. The average molecular weight is 314 g/mol. The molecule has 122 valence electrons. The molecule has 1 heterocycles. The summed E-state index contributed by atoms with van der Waals surface area (Å²) >= 11 is 0. The fourth-order valence-electron chi connectivity index (χ4n) is 2.04. The summed E-state index contributed by atoms with van der Waals surface area (Å²) in [6.07, 6.45) is 4.81. The summed E-state index contributed by atoms with van der Waals surface area (Å²) in [6, 6.07) is 8.79. The first-order valence-electron chi connectivity index (χ1n) is 7.74. The van der Waals surface area contributed by atoms with E-state index in [9.17, 15) is 4.79 Å². The van der Waals surface area contributed by atoms with Crippen LogP contribution in [-0.4, -0.2) is 29.5 Å². The van der Waals surface area contributed by atoms with Crippen LogP contribution in [0.3, 0.4) is 0 Å². The number of unbranched alkanes of at least 4 members (excludes halogenated alkanes) is 2. The normalized spacial score (nSPS) is 10.2. The zero-order chi connectivity index (χ0) is 16.5. The largest absolute Gasteiger partial charge is 0.497 e. The second kappa shape index (κ2) is 8.73. The van der Waals surface area contributed by atoms with Gasteiger partial charge in [-0.05, 0) is 30.7 Å². The Balaban J connectivity index is 1.95. The molecule has 0 saturated carbocycles. The van der Waals surface area contributed by atoms with Gasteiger partial charge >= 0.3 is 0 Å². The zero-order valence-electron chi connectivity index (χ0n) is 13.5. The van der Waals surface area contributed by atoms with Crippen molar-refractivity contribution in [3.05, 3.63) is 42.4 Å². The fourth-order valence-corrected chi connectivity index (χ4v) is 2.04. The van der Waals surface area contributed by atoms with E-state index in [2.05, 4.69) is 27.5 Å². The predicted octanol–water partition coefficient (Wildman–Crippen LogP) is 3.34. The molecule has 23 heavy (non-hydrogen) atoms. The highest BCUT2D eigenvalue weighted by Crippen LogP contribution is 2.16. The molecule has 0 unspecified atom stereocenters. The molecule has 2 N–H and O–H groups in total. The molecule has 1 aromatic heterocycles. The minimum absolute atomic E-state index is 0.269. The van der Waals surface area contributed by atoms with Gasteiger partial charge in [0.1, 0.15) is 23.6 Å². The molecule has 0 spiro atoms. The van der Waals surface area contributed by atoms with Gasteiger partial charge in [0.25, 0.3) is 5.91 Å². The van der Waals surface area contributed by atoms with Crippen LogP contribution in [0.4, 0.5) is 11.5 Å². The molecule has 1 aromatic carbocycles. The number of anilines is 2. The number of hydrogen-bond acceptors (Lipinski definition) is 5. The van der Waals surface area contributed by atoms with Crippen molar-refractivity contribution in [2.24, 2.45) is 0 Å². The molecular weight excluding hydrogens is 292 g/mol. The van der Waals surface area contributed by atoms with Gasteiger partial charge in [0.15, 0.2) is 0 Å². The number of nitrogens with zero attached hydrogens (tertiary/aromatic N) is 2. The monoisotopic (exact) mass is 314 g/mol. The van der Waals surface area contributed by atoms with Crippen molar-refractivity contribution in [3.8, 4) is 5.75 Å². The Bertz CT molecular complexity index is 629. The van der Waals surface area contributed by atoms with Crippen LogP contribution in [0.15, 0.2) is 36.7 Å². The minimum atomic E-state index is -0.269. The molecule has 0 bridgehead atoms.